The first-order valence-corrected chi connectivity index (χ1v) is 6.42. The highest BCUT2D eigenvalue weighted by Crippen LogP contribution is 2.44. The number of carbonyl (C=O) groups is 2. The van der Waals surface area contributed by atoms with E-state index in [2.05, 4.69) is 0 Å². The number of phenolic OH excluding ortho intramolecular Hbond substituents is 2. The molecule has 6 nitrogen and oxygen atoms in total. The number of methoxy groups -OCH3 is 1. The van der Waals surface area contributed by atoms with Crippen LogP contribution in [0.25, 0.3) is 0 Å². The Morgan fingerprint density at radius 1 is 0.955 bits per heavy atom. The van der Waals surface area contributed by atoms with E-state index < -0.39 is 28.7 Å². The minimum absolute atomic E-state index is 0.0414. The standard InChI is InChI=1S/C16H12O6/c1-22-13-7-11(17)10(6-12(13)18)16(21)14(19)8-4-2-3-5-9(8)15(16)20/h2-7,17-18,21H,1H3. The number of aliphatic hydroxyl groups is 1. The number of benzene rings is 2. The molecule has 0 saturated heterocycles. The SMILES string of the molecule is COc1cc(O)c(C2(O)C(=O)c3ccccc3C2=O)cc1O. The highest BCUT2D eigenvalue weighted by atomic mass is 16.5. The van der Waals surface area contributed by atoms with E-state index in [9.17, 15) is 24.9 Å². The third-order valence-electron chi connectivity index (χ3n) is 3.76. The third kappa shape index (κ3) is 1.64. The van der Waals surface area contributed by atoms with Gasteiger partial charge in [-0.1, -0.05) is 24.3 Å². The molecule has 0 saturated carbocycles. The van der Waals surface area contributed by atoms with E-state index in [-0.39, 0.29) is 22.4 Å². The Labute approximate surface area is 125 Å². The first-order chi connectivity index (χ1) is 10.4. The Bertz CT molecular complexity index is 773. The number of phenols is 2. The molecule has 3 N–H and O–H groups in total. The second-order valence-corrected chi connectivity index (χ2v) is 4.96. The van der Waals surface area contributed by atoms with Gasteiger partial charge in [0.25, 0.3) is 0 Å². The molecule has 0 amide bonds. The van der Waals surface area contributed by atoms with Crippen molar-refractivity contribution in [1.29, 1.82) is 0 Å². The summed E-state index contributed by atoms with van der Waals surface area (Å²) in [6.45, 7) is 0. The van der Waals surface area contributed by atoms with Crippen LogP contribution >= 0.6 is 0 Å². The summed E-state index contributed by atoms with van der Waals surface area (Å²) in [6, 6.07) is 7.98. The van der Waals surface area contributed by atoms with Crippen LogP contribution < -0.4 is 4.74 Å². The zero-order chi connectivity index (χ0) is 16.1. The van der Waals surface area contributed by atoms with Crippen molar-refractivity contribution in [3.63, 3.8) is 0 Å². The Morgan fingerprint density at radius 2 is 1.50 bits per heavy atom. The summed E-state index contributed by atoms with van der Waals surface area (Å²) in [6.07, 6.45) is 0. The Kier molecular flexibility index (Phi) is 2.93. The van der Waals surface area contributed by atoms with Crippen molar-refractivity contribution in [2.75, 3.05) is 7.11 Å². The summed E-state index contributed by atoms with van der Waals surface area (Å²) in [5.74, 6) is -2.65. The molecule has 0 fully saturated rings. The number of carbonyl (C=O) groups excluding carboxylic acids is 2. The predicted octanol–water partition coefficient (Wildman–Crippen LogP) is 1.37. The number of fused-ring (bicyclic) bond motifs is 1. The summed E-state index contributed by atoms with van der Waals surface area (Å²) in [7, 11) is 1.28. The Morgan fingerprint density at radius 3 is 2.00 bits per heavy atom. The predicted molar refractivity (Wildman–Crippen MR) is 75.3 cm³/mol. The molecular formula is C16H12O6. The van der Waals surface area contributed by atoms with Crippen molar-refractivity contribution in [3.8, 4) is 17.2 Å². The summed E-state index contributed by atoms with van der Waals surface area (Å²) in [4.78, 5) is 24.9. The van der Waals surface area contributed by atoms with Crippen LogP contribution in [0.3, 0.4) is 0 Å². The average Bonchev–Trinajstić information content (AvgIpc) is 2.72. The monoisotopic (exact) mass is 300 g/mol. The number of rotatable bonds is 2. The van der Waals surface area contributed by atoms with Gasteiger partial charge in [0.1, 0.15) is 5.75 Å². The second kappa shape index (κ2) is 4.57. The summed E-state index contributed by atoms with van der Waals surface area (Å²) in [5.41, 5.74) is -2.79. The molecule has 0 bridgehead atoms. The van der Waals surface area contributed by atoms with Crippen molar-refractivity contribution in [1.82, 2.24) is 0 Å². The number of Topliss-reactive ketones (excluding diaryl/α,β-unsaturated/α-hetero) is 2. The lowest BCUT2D eigenvalue weighted by atomic mass is 9.88. The van der Waals surface area contributed by atoms with Gasteiger partial charge in [0, 0.05) is 22.8 Å². The number of ketones is 2. The van der Waals surface area contributed by atoms with Gasteiger partial charge in [0.15, 0.2) is 11.5 Å². The van der Waals surface area contributed by atoms with Gasteiger partial charge in [0.05, 0.1) is 7.11 Å². The fourth-order valence-electron chi connectivity index (χ4n) is 2.63. The highest BCUT2D eigenvalue weighted by molar-refractivity contribution is 6.32. The van der Waals surface area contributed by atoms with Gasteiger partial charge in [-0.15, -0.1) is 0 Å². The van der Waals surface area contributed by atoms with Crippen LogP contribution in [-0.4, -0.2) is 34.0 Å². The lowest BCUT2D eigenvalue weighted by Gasteiger charge is -2.21. The van der Waals surface area contributed by atoms with Crippen molar-refractivity contribution >= 4 is 11.6 Å². The van der Waals surface area contributed by atoms with E-state index in [0.717, 1.165) is 12.1 Å². The van der Waals surface area contributed by atoms with Crippen molar-refractivity contribution in [2.24, 2.45) is 0 Å². The number of aromatic hydroxyl groups is 2. The largest absolute Gasteiger partial charge is 0.507 e. The molecule has 2 aromatic carbocycles. The quantitative estimate of drug-likeness (QED) is 0.571. The van der Waals surface area contributed by atoms with Crippen LogP contribution in [0, 0.1) is 0 Å². The van der Waals surface area contributed by atoms with Gasteiger partial charge in [0.2, 0.25) is 17.2 Å². The molecular weight excluding hydrogens is 288 g/mol. The van der Waals surface area contributed by atoms with Crippen molar-refractivity contribution in [3.05, 3.63) is 53.1 Å². The maximum Gasteiger partial charge on any atom is 0.220 e. The average molecular weight is 300 g/mol. The van der Waals surface area contributed by atoms with Gasteiger partial charge in [-0.3, -0.25) is 9.59 Å². The number of ether oxygens (including phenoxy) is 1. The third-order valence-corrected chi connectivity index (χ3v) is 3.76. The molecule has 3 rings (SSSR count). The molecule has 0 aliphatic heterocycles. The molecule has 6 heteroatoms. The maximum atomic E-state index is 12.5. The normalized spacial score (nSPS) is 15.7. The van der Waals surface area contributed by atoms with Crippen LogP contribution in [0.2, 0.25) is 0 Å². The molecule has 0 aromatic heterocycles. The van der Waals surface area contributed by atoms with Crippen LogP contribution in [-0.2, 0) is 5.60 Å². The number of hydrogen-bond donors (Lipinski definition) is 3. The highest BCUT2D eigenvalue weighted by Gasteiger charge is 2.54. The molecule has 0 radical (unpaired) electrons. The molecule has 22 heavy (non-hydrogen) atoms. The van der Waals surface area contributed by atoms with Crippen LogP contribution in [0.4, 0.5) is 0 Å². The van der Waals surface area contributed by atoms with Gasteiger partial charge in [-0.05, 0) is 6.07 Å². The van der Waals surface area contributed by atoms with Crippen LogP contribution in [0.15, 0.2) is 36.4 Å². The fraction of sp³-hybridized carbons (Fsp3) is 0.125. The molecule has 0 unspecified atom stereocenters. The summed E-state index contributed by atoms with van der Waals surface area (Å²) >= 11 is 0. The zero-order valence-electron chi connectivity index (χ0n) is 11.5. The van der Waals surface area contributed by atoms with Crippen molar-refractivity contribution < 1.29 is 29.6 Å². The maximum absolute atomic E-state index is 12.5. The summed E-state index contributed by atoms with van der Waals surface area (Å²) < 4.78 is 4.83. The zero-order valence-corrected chi connectivity index (χ0v) is 11.5. The number of hydrogen-bond acceptors (Lipinski definition) is 6. The van der Waals surface area contributed by atoms with E-state index in [1.54, 1.807) is 12.1 Å². The fourth-order valence-corrected chi connectivity index (χ4v) is 2.63. The molecule has 0 atom stereocenters. The molecule has 0 heterocycles. The first-order valence-electron chi connectivity index (χ1n) is 6.42. The van der Waals surface area contributed by atoms with Gasteiger partial charge in [-0.2, -0.15) is 0 Å². The van der Waals surface area contributed by atoms with Crippen LogP contribution in [0.1, 0.15) is 26.3 Å². The van der Waals surface area contributed by atoms with Crippen molar-refractivity contribution in [2.45, 2.75) is 5.60 Å². The van der Waals surface area contributed by atoms with Gasteiger partial charge < -0.3 is 20.1 Å². The smallest absolute Gasteiger partial charge is 0.220 e. The molecule has 1 aliphatic carbocycles. The molecule has 112 valence electrons. The van der Waals surface area contributed by atoms with Crippen LogP contribution in [0.5, 0.6) is 17.2 Å². The van der Waals surface area contributed by atoms with E-state index in [1.165, 1.54) is 19.2 Å². The van der Waals surface area contributed by atoms with E-state index in [1.807, 2.05) is 0 Å². The lowest BCUT2D eigenvalue weighted by molar-refractivity contribution is 0.0312. The van der Waals surface area contributed by atoms with E-state index in [4.69, 9.17) is 4.74 Å². The Balaban J connectivity index is 2.23. The van der Waals surface area contributed by atoms with Gasteiger partial charge >= 0.3 is 0 Å². The molecule has 2 aromatic rings. The second-order valence-electron chi connectivity index (χ2n) is 4.96. The first kappa shape index (κ1) is 14.1. The molecule has 0 spiro atoms. The minimum atomic E-state index is -2.56. The summed E-state index contributed by atoms with van der Waals surface area (Å²) in [5, 5.41) is 30.5. The lowest BCUT2D eigenvalue weighted by Crippen LogP contribution is -2.38. The van der Waals surface area contributed by atoms with Gasteiger partial charge in [-0.25, -0.2) is 0 Å². The van der Waals surface area contributed by atoms with E-state index >= 15 is 0 Å². The topological polar surface area (TPSA) is 104 Å². The minimum Gasteiger partial charge on any atom is -0.507 e. The Hall–Kier alpha value is -2.86. The van der Waals surface area contributed by atoms with E-state index in [0.29, 0.717) is 0 Å². The molecule has 1 aliphatic rings.